The van der Waals surface area contributed by atoms with E-state index in [9.17, 15) is 19.8 Å². The number of carboxylic acid groups (broad SMARTS) is 1. The summed E-state index contributed by atoms with van der Waals surface area (Å²) in [5.41, 5.74) is 6.79. The topological polar surface area (TPSA) is 103 Å². The van der Waals surface area contributed by atoms with Crippen LogP contribution in [0, 0.1) is 11.8 Å². The molecule has 0 aliphatic carbocycles. The van der Waals surface area contributed by atoms with E-state index in [0.29, 0.717) is 12.8 Å². The minimum Gasteiger partial charge on any atom is -0.550 e. The lowest BCUT2D eigenvalue weighted by molar-refractivity contribution is -0.312. The number of rotatable bonds is 9. The SMILES string of the molecule is CC(C)C[C@H](CC(=O)[C@@H](O)[C@H](N)Cc1ccccc1)C(=O)[O-]. The van der Waals surface area contributed by atoms with E-state index in [1.54, 1.807) is 0 Å². The third-order valence-corrected chi connectivity index (χ3v) is 3.59. The molecule has 22 heavy (non-hydrogen) atoms. The van der Waals surface area contributed by atoms with Gasteiger partial charge in [-0.2, -0.15) is 0 Å². The average Bonchev–Trinajstić information content (AvgIpc) is 2.46. The van der Waals surface area contributed by atoms with Crippen LogP contribution in [0.25, 0.3) is 0 Å². The van der Waals surface area contributed by atoms with Gasteiger partial charge in [-0.05, 0) is 24.3 Å². The molecule has 0 aliphatic rings. The van der Waals surface area contributed by atoms with Crippen molar-refractivity contribution < 1.29 is 19.8 Å². The first-order valence-corrected chi connectivity index (χ1v) is 7.52. The van der Waals surface area contributed by atoms with Crippen LogP contribution in [0.15, 0.2) is 30.3 Å². The maximum atomic E-state index is 12.0. The average molecular weight is 306 g/mol. The van der Waals surface area contributed by atoms with E-state index in [2.05, 4.69) is 0 Å². The first kappa shape index (κ1) is 18.3. The number of aliphatic carboxylic acids is 1. The molecule has 0 heterocycles. The second-order valence-corrected chi connectivity index (χ2v) is 6.11. The lowest BCUT2D eigenvalue weighted by Gasteiger charge is -2.23. The van der Waals surface area contributed by atoms with Gasteiger partial charge in [0.1, 0.15) is 6.10 Å². The number of carboxylic acids is 1. The second-order valence-electron chi connectivity index (χ2n) is 6.11. The van der Waals surface area contributed by atoms with E-state index in [1.807, 2.05) is 44.2 Å². The summed E-state index contributed by atoms with van der Waals surface area (Å²) in [4.78, 5) is 23.1. The number of aliphatic hydroxyl groups is 1. The van der Waals surface area contributed by atoms with Crippen molar-refractivity contribution >= 4 is 11.8 Å². The molecule has 0 saturated heterocycles. The smallest absolute Gasteiger partial charge is 0.163 e. The van der Waals surface area contributed by atoms with Crippen molar-refractivity contribution in [2.24, 2.45) is 17.6 Å². The van der Waals surface area contributed by atoms with E-state index in [4.69, 9.17) is 5.73 Å². The van der Waals surface area contributed by atoms with E-state index in [-0.39, 0.29) is 12.3 Å². The molecule has 0 bridgehead atoms. The van der Waals surface area contributed by atoms with Gasteiger partial charge in [0.05, 0.1) is 0 Å². The molecule has 0 saturated carbocycles. The summed E-state index contributed by atoms with van der Waals surface area (Å²) in [7, 11) is 0. The second kappa shape index (κ2) is 8.66. The minimum atomic E-state index is -1.37. The Balaban J connectivity index is 2.61. The number of hydrogen-bond acceptors (Lipinski definition) is 5. The van der Waals surface area contributed by atoms with Crippen LogP contribution in [-0.2, 0) is 16.0 Å². The molecule has 0 spiro atoms. The molecule has 0 aromatic heterocycles. The largest absolute Gasteiger partial charge is 0.550 e. The number of ketones is 1. The van der Waals surface area contributed by atoms with Gasteiger partial charge in [0.15, 0.2) is 5.78 Å². The molecular formula is C17H24NO4-. The third-order valence-electron chi connectivity index (χ3n) is 3.59. The van der Waals surface area contributed by atoms with E-state index < -0.39 is 29.8 Å². The maximum absolute atomic E-state index is 12.0. The third kappa shape index (κ3) is 5.95. The van der Waals surface area contributed by atoms with Gasteiger partial charge in [0.25, 0.3) is 0 Å². The molecule has 3 N–H and O–H groups in total. The Kier molecular flexibility index (Phi) is 7.21. The standard InChI is InChI=1S/C17H25NO4/c1-11(2)8-13(17(21)22)10-15(19)16(20)14(18)9-12-6-4-3-5-7-12/h3-7,11,13-14,16,20H,8-10,18H2,1-2H3,(H,21,22)/p-1/t13-,14-,16+/m1/s1. The molecule has 0 amide bonds. The van der Waals surface area contributed by atoms with Gasteiger partial charge in [0, 0.05) is 24.3 Å². The monoisotopic (exact) mass is 306 g/mol. The van der Waals surface area contributed by atoms with Crippen molar-refractivity contribution in [1.82, 2.24) is 0 Å². The molecule has 1 aromatic rings. The molecule has 5 heteroatoms. The summed E-state index contributed by atoms with van der Waals surface area (Å²) in [5, 5.41) is 21.1. The van der Waals surface area contributed by atoms with E-state index >= 15 is 0 Å². The van der Waals surface area contributed by atoms with Crippen LogP contribution in [0.4, 0.5) is 0 Å². The highest BCUT2D eigenvalue weighted by molar-refractivity contribution is 5.87. The Bertz CT molecular complexity index is 487. The van der Waals surface area contributed by atoms with Gasteiger partial charge < -0.3 is 20.7 Å². The van der Waals surface area contributed by atoms with Crippen LogP contribution < -0.4 is 10.8 Å². The molecule has 0 unspecified atom stereocenters. The molecule has 3 atom stereocenters. The van der Waals surface area contributed by atoms with Gasteiger partial charge >= 0.3 is 0 Å². The summed E-state index contributed by atoms with van der Waals surface area (Å²) in [6, 6.07) is 8.54. The summed E-state index contributed by atoms with van der Waals surface area (Å²) in [5.74, 6) is -2.55. The highest BCUT2D eigenvalue weighted by Crippen LogP contribution is 2.17. The van der Waals surface area contributed by atoms with Gasteiger partial charge in [0.2, 0.25) is 0 Å². The van der Waals surface area contributed by atoms with Crippen LogP contribution in [-0.4, -0.2) is 29.0 Å². The van der Waals surface area contributed by atoms with Crippen LogP contribution in [0.1, 0.15) is 32.3 Å². The quantitative estimate of drug-likeness (QED) is 0.682. The zero-order valence-electron chi connectivity index (χ0n) is 13.1. The van der Waals surface area contributed by atoms with Gasteiger partial charge in [-0.1, -0.05) is 44.2 Å². The fourth-order valence-corrected chi connectivity index (χ4v) is 2.43. The molecule has 0 radical (unpaired) electrons. The van der Waals surface area contributed by atoms with E-state index in [1.165, 1.54) is 0 Å². The molecular weight excluding hydrogens is 282 g/mol. The van der Waals surface area contributed by atoms with Crippen molar-refractivity contribution in [2.45, 2.75) is 45.3 Å². The molecule has 1 rings (SSSR count). The normalized spacial score (nSPS) is 15.3. The highest BCUT2D eigenvalue weighted by Gasteiger charge is 2.26. The predicted molar refractivity (Wildman–Crippen MR) is 81.7 cm³/mol. The molecule has 0 fully saturated rings. The molecule has 0 aliphatic heterocycles. The summed E-state index contributed by atoms with van der Waals surface area (Å²) in [6.45, 7) is 3.75. The van der Waals surface area contributed by atoms with Gasteiger partial charge in [-0.25, -0.2) is 0 Å². The number of benzene rings is 1. The number of carbonyl (C=O) groups is 2. The molecule has 122 valence electrons. The van der Waals surface area contributed by atoms with Crippen molar-refractivity contribution in [2.75, 3.05) is 0 Å². The first-order valence-electron chi connectivity index (χ1n) is 7.52. The summed E-state index contributed by atoms with van der Waals surface area (Å²) >= 11 is 0. The molecule has 5 nitrogen and oxygen atoms in total. The fraction of sp³-hybridized carbons (Fsp3) is 0.529. The van der Waals surface area contributed by atoms with E-state index in [0.717, 1.165) is 5.56 Å². The Hall–Kier alpha value is -1.72. The Morgan fingerprint density at radius 2 is 1.82 bits per heavy atom. The van der Waals surface area contributed by atoms with Crippen LogP contribution >= 0.6 is 0 Å². The highest BCUT2D eigenvalue weighted by atomic mass is 16.4. The zero-order valence-corrected chi connectivity index (χ0v) is 13.1. The van der Waals surface area contributed by atoms with Gasteiger partial charge in [-0.3, -0.25) is 4.79 Å². The van der Waals surface area contributed by atoms with Crippen molar-refractivity contribution in [3.63, 3.8) is 0 Å². The predicted octanol–water partition coefficient (Wildman–Crippen LogP) is 0.289. The Morgan fingerprint density at radius 3 is 2.32 bits per heavy atom. The zero-order chi connectivity index (χ0) is 16.7. The number of aliphatic hydroxyl groups excluding tert-OH is 1. The Labute approximate surface area is 131 Å². The number of Topliss-reactive ketones (excluding diaryl/α,β-unsaturated/α-hetero) is 1. The van der Waals surface area contributed by atoms with Crippen molar-refractivity contribution in [3.05, 3.63) is 35.9 Å². The minimum absolute atomic E-state index is 0.130. The lowest BCUT2D eigenvalue weighted by Crippen LogP contribution is -2.44. The summed E-state index contributed by atoms with van der Waals surface area (Å²) in [6.07, 6.45) is -0.915. The maximum Gasteiger partial charge on any atom is 0.163 e. The first-order chi connectivity index (χ1) is 10.3. The Morgan fingerprint density at radius 1 is 1.23 bits per heavy atom. The number of nitrogens with two attached hydrogens (primary N) is 1. The number of hydrogen-bond donors (Lipinski definition) is 2. The fourth-order valence-electron chi connectivity index (χ4n) is 2.43. The van der Waals surface area contributed by atoms with Crippen molar-refractivity contribution in [1.29, 1.82) is 0 Å². The summed E-state index contributed by atoms with van der Waals surface area (Å²) < 4.78 is 0. The van der Waals surface area contributed by atoms with Crippen LogP contribution in [0.3, 0.4) is 0 Å². The molecule has 1 aromatic carbocycles. The van der Waals surface area contributed by atoms with Crippen molar-refractivity contribution in [3.8, 4) is 0 Å². The van der Waals surface area contributed by atoms with Crippen LogP contribution in [0.5, 0.6) is 0 Å². The van der Waals surface area contributed by atoms with Crippen LogP contribution in [0.2, 0.25) is 0 Å². The lowest BCUT2D eigenvalue weighted by atomic mass is 9.89. The number of carbonyl (C=O) groups excluding carboxylic acids is 2. The van der Waals surface area contributed by atoms with Gasteiger partial charge in [-0.15, -0.1) is 0 Å².